The molecule has 5 nitrogen and oxygen atoms in total. The molecule has 0 bridgehead atoms. The standard InChI is InChI=1S/C22H30ClFN4O/c1-2-3-10-28-20-14-18(24)17(23)13-19(20)26-22(28)27-11-8-15(9-12-27)21(29)25-16-6-4-5-7-16/h13-16H,2-12H2,1H3,(H,25,29). The molecule has 1 amide bonds. The summed E-state index contributed by atoms with van der Waals surface area (Å²) in [5.74, 6) is 0.743. The molecule has 2 aliphatic rings. The van der Waals surface area contributed by atoms with E-state index in [1.54, 1.807) is 6.07 Å². The number of anilines is 1. The van der Waals surface area contributed by atoms with Crippen molar-refractivity contribution in [2.45, 2.75) is 70.9 Å². The lowest BCUT2D eigenvalue weighted by atomic mass is 9.95. The summed E-state index contributed by atoms with van der Waals surface area (Å²) < 4.78 is 16.2. The number of halogens is 2. The molecule has 7 heteroatoms. The van der Waals surface area contributed by atoms with Gasteiger partial charge >= 0.3 is 0 Å². The minimum atomic E-state index is -0.411. The van der Waals surface area contributed by atoms with Gasteiger partial charge in [0.05, 0.1) is 16.1 Å². The van der Waals surface area contributed by atoms with Gasteiger partial charge in [-0.25, -0.2) is 9.37 Å². The van der Waals surface area contributed by atoms with E-state index in [-0.39, 0.29) is 16.8 Å². The number of nitrogens with zero attached hydrogens (tertiary/aromatic N) is 3. The number of piperidine rings is 1. The van der Waals surface area contributed by atoms with Gasteiger partial charge in [-0.1, -0.05) is 37.8 Å². The van der Waals surface area contributed by atoms with Gasteiger partial charge in [0.2, 0.25) is 11.9 Å². The largest absolute Gasteiger partial charge is 0.353 e. The Labute approximate surface area is 176 Å². The number of hydrogen-bond donors (Lipinski definition) is 1. The topological polar surface area (TPSA) is 50.2 Å². The maximum atomic E-state index is 14.1. The van der Waals surface area contributed by atoms with Gasteiger partial charge in [-0.2, -0.15) is 0 Å². The first-order valence-corrected chi connectivity index (χ1v) is 11.3. The average Bonchev–Trinajstić information content (AvgIpc) is 3.35. The number of rotatable bonds is 6. The Morgan fingerprint density at radius 3 is 2.66 bits per heavy atom. The minimum absolute atomic E-state index is 0.0761. The number of carbonyl (C=O) groups excluding carboxylic acids is 1. The molecule has 2 aromatic rings. The molecule has 1 saturated heterocycles. The van der Waals surface area contributed by atoms with Gasteiger partial charge < -0.3 is 14.8 Å². The fourth-order valence-electron chi connectivity index (χ4n) is 4.62. The Balaban J connectivity index is 1.49. The molecule has 29 heavy (non-hydrogen) atoms. The number of carbonyl (C=O) groups is 1. The highest BCUT2D eigenvalue weighted by Gasteiger charge is 2.29. The van der Waals surface area contributed by atoms with Crippen LogP contribution >= 0.6 is 11.6 Å². The summed E-state index contributed by atoms with van der Waals surface area (Å²) in [6.45, 7) is 4.51. The van der Waals surface area contributed by atoms with Crippen LogP contribution in [0.15, 0.2) is 12.1 Å². The third-order valence-corrected chi connectivity index (χ3v) is 6.65. The van der Waals surface area contributed by atoms with E-state index in [0.29, 0.717) is 6.04 Å². The van der Waals surface area contributed by atoms with Crippen molar-refractivity contribution in [1.29, 1.82) is 0 Å². The number of benzene rings is 1. The van der Waals surface area contributed by atoms with Crippen LogP contribution in [0, 0.1) is 11.7 Å². The Morgan fingerprint density at radius 2 is 1.97 bits per heavy atom. The molecular weight excluding hydrogens is 391 g/mol. The van der Waals surface area contributed by atoms with E-state index in [1.165, 1.54) is 18.9 Å². The van der Waals surface area contributed by atoms with Gasteiger partial charge in [0.25, 0.3) is 0 Å². The summed E-state index contributed by atoms with van der Waals surface area (Å²) in [5.41, 5.74) is 1.51. The Bertz CT molecular complexity index is 869. The molecule has 1 N–H and O–H groups in total. The van der Waals surface area contributed by atoms with Crippen LogP contribution in [0.1, 0.15) is 58.3 Å². The van der Waals surface area contributed by atoms with E-state index in [0.717, 1.165) is 75.1 Å². The predicted molar refractivity (Wildman–Crippen MR) is 115 cm³/mol. The van der Waals surface area contributed by atoms with Gasteiger partial charge in [-0.15, -0.1) is 0 Å². The van der Waals surface area contributed by atoms with Gasteiger partial charge in [-0.05, 0) is 38.2 Å². The van der Waals surface area contributed by atoms with Crippen LogP contribution in [0.2, 0.25) is 5.02 Å². The summed E-state index contributed by atoms with van der Waals surface area (Å²) in [6, 6.07) is 3.48. The first kappa shape index (κ1) is 20.5. The number of hydrogen-bond acceptors (Lipinski definition) is 3. The summed E-state index contributed by atoms with van der Waals surface area (Å²) in [5, 5.41) is 3.35. The van der Waals surface area contributed by atoms with Crippen LogP contribution in [0.4, 0.5) is 10.3 Å². The first-order valence-electron chi connectivity index (χ1n) is 11.0. The fourth-order valence-corrected chi connectivity index (χ4v) is 4.77. The van der Waals surface area contributed by atoms with E-state index >= 15 is 0 Å². The van der Waals surface area contributed by atoms with E-state index < -0.39 is 5.82 Å². The highest BCUT2D eigenvalue weighted by Crippen LogP contribution is 2.30. The Hall–Kier alpha value is -1.82. The van der Waals surface area contributed by atoms with Crippen molar-refractivity contribution in [3.05, 3.63) is 23.0 Å². The van der Waals surface area contributed by atoms with Crippen molar-refractivity contribution >= 4 is 34.5 Å². The highest BCUT2D eigenvalue weighted by molar-refractivity contribution is 6.31. The van der Waals surface area contributed by atoms with Crippen molar-refractivity contribution in [2.24, 2.45) is 5.92 Å². The monoisotopic (exact) mass is 420 g/mol. The third-order valence-electron chi connectivity index (χ3n) is 6.36. The molecule has 1 aromatic carbocycles. The normalized spacial score (nSPS) is 18.7. The van der Waals surface area contributed by atoms with Crippen LogP contribution in [0.5, 0.6) is 0 Å². The molecule has 0 radical (unpaired) electrons. The van der Waals surface area contributed by atoms with E-state index in [2.05, 4.69) is 21.7 Å². The molecule has 1 aromatic heterocycles. The molecule has 1 aliphatic heterocycles. The van der Waals surface area contributed by atoms with Crippen molar-refractivity contribution in [1.82, 2.24) is 14.9 Å². The number of nitrogens with one attached hydrogen (secondary N) is 1. The van der Waals surface area contributed by atoms with Crippen LogP contribution in [0.3, 0.4) is 0 Å². The summed E-state index contributed by atoms with van der Waals surface area (Å²) in [6.07, 6.45) is 8.39. The van der Waals surface area contributed by atoms with Crippen LogP contribution in [0.25, 0.3) is 11.0 Å². The van der Waals surface area contributed by atoms with Gasteiger partial charge in [0.15, 0.2) is 0 Å². The number of fused-ring (bicyclic) bond motifs is 1. The number of aryl methyl sites for hydroxylation is 1. The predicted octanol–water partition coefficient (Wildman–Crippen LogP) is 4.90. The number of unbranched alkanes of at least 4 members (excludes halogenated alkanes) is 1. The molecule has 2 fully saturated rings. The quantitative estimate of drug-likeness (QED) is 0.722. The SMILES string of the molecule is CCCCn1c(N2CCC(C(=O)NC3CCCC3)CC2)nc2cc(Cl)c(F)cc21. The molecule has 0 spiro atoms. The number of imidazole rings is 1. The Morgan fingerprint density at radius 1 is 1.24 bits per heavy atom. The molecule has 2 heterocycles. The van der Waals surface area contributed by atoms with E-state index in [4.69, 9.17) is 16.6 Å². The summed E-state index contributed by atoms with van der Waals surface area (Å²) in [7, 11) is 0. The zero-order chi connectivity index (χ0) is 20.4. The van der Waals surface area contributed by atoms with Crippen molar-refractivity contribution in [3.63, 3.8) is 0 Å². The second-order valence-corrected chi connectivity index (χ2v) is 8.83. The Kier molecular flexibility index (Phi) is 6.28. The van der Waals surface area contributed by atoms with E-state index in [9.17, 15) is 9.18 Å². The van der Waals surface area contributed by atoms with Crippen molar-refractivity contribution in [3.8, 4) is 0 Å². The maximum Gasteiger partial charge on any atom is 0.223 e. The van der Waals surface area contributed by atoms with Crippen LogP contribution < -0.4 is 10.2 Å². The summed E-state index contributed by atoms with van der Waals surface area (Å²) >= 11 is 5.98. The second-order valence-electron chi connectivity index (χ2n) is 8.42. The lowest BCUT2D eigenvalue weighted by Crippen LogP contribution is -2.43. The lowest BCUT2D eigenvalue weighted by molar-refractivity contribution is -0.126. The molecular formula is C22H30ClFN4O. The molecule has 4 rings (SSSR count). The molecule has 0 unspecified atom stereocenters. The second kappa shape index (κ2) is 8.90. The third kappa shape index (κ3) is 4.37. The first-order chi connectivity index (χ1) is 14.1. The number of amides is 1. The van der Waals surface area contributed by atoms with Gasteiger partial charge in [0, 0.05) is 37.7 Å². The van der Waals surface area contributed by atoms with Gasteiger partial charge in [-0.3, -0.25) is 4.79 Å². The minimum Gasteiger partial charge on any atom is -0.353 e. The highest BCUT2D eigenvalue weighted by atomic mass is 35.5. The number of aromatic nitrogens is 2. The van der Waals surface area contributed by atoms with Crippen molar-refractivity contribution in [2.75, 3.05) is 18.0 Å². The average molecular weight is 421 g/mol. The van der Waals surface area contributed by atoms with Crippen LogP contribution in [-0.2, 0) is 11.3 Å². The van der Waals surface area contributed by atoms with Crippen LogP contribution in [-0.4, -0.2) is 34.6 Å². The zero-order valence-corrected chi connectivity index (χ0v) is 17.8. The molecule has 1 aliphatic carbocycles. The van der Waals surface area contributed by atoms with Gasteiger partial charge in [0.1, 0.15) is 5.82 Å². The van der Waals surface area contributed by atoms with Crippen molar-refractivity contribution < 1.29 is 9.18 Å². The zero-order valence-electron chi connectivity index (χ0n) is 17.1. The maximum absolute atomic E-state index is 14.1. The smallest absolute Gasteiger partial charge is 0.223 e. The molecule has 158 valence electrons. The fraction of sp³-hybridized carbons (Fsp3) is 0.636. The summed E-state index contributed by atoms with van der Waals surface area (Å²) in [4.78, 5) is 19.6. The lowest BCUT2D eigenvalue weighted by Gasteiger charge is -2.33. The molecule has 0 atom stereocenters. The molecule has 1 saturated carbocycles. The van der Waals surface area contributed by atoms with E-state index in [1.807, 2.05) is 0 Å².